The highest BCUT2D eigenvalue weighted by molar-refractivity contribution is 6.12. The zero-order valence-corrected chi connectivity index (χ0v) is 18.7. The average Bonchev–Trinajstić information content (AvgIpc) is 2.81. The number of anilines is 2. The van der Waals surface area contributed by atoms with Crippen LogP contribution in [0.1, 0.15) is 25.7 Å². The van der Waals surface area contributed by atoms with Crippen LogP contribution in [0.4, 0.5) is 11.4 Å². The molecule has 0 saturated carbocycles. The number of hydrogen-bond acceptors (Lipinski definition) is 7. The minimum Gasteiger partial charge on any atom is -0.481 e. The Bertz CT molecular complexity index is 1070. The monoisotopic (exact) mass is 482 g/mol. The normalized spacial score (nSPS) is 19.0. The maximum atomic E-state index is 11.8. The zero-order chi connectivity index (χ0) is 25.8. The van der Waals surface area contributed by atoms with Crippen LogP contribution < -0.4 is 21.7 Å². The van der Waals surface area contributed by atoms with E-state index in [0.29, 0.717) is 5.69 Å². The molecule has 2 aliphatic heterocycles. The highest BCUT2D eigenvalue weighted by Crippen LogP contribution is 2.15. The summed E-state index contributed by atoms with van der Waals surface area (Å²) >= 11 is 0. The number of carbonyl (C=O) groups is 6. The van der Waals surface area contributed by atoms with Gasteiger partial charge in [0, 0.05) is 24.2 Å². The molecule has 2 heterocycles. The molecule has 2 saturated heterocycles. The van der Waals surface area contributed by atoms with E-state index < -0.39 is 35.5 Å². The molecule has 4 rings (SSSR count). The maximum Gasteiger partial charge on any atom is 0.316 e. The lowest BCUT2D eigenvalue weighted by Crippen LogP contribution is -2.45. The second-order valence-corrected chi connectivity index (χ2v) is 7.61. The number of aliphatic carboxylic acids is 1. The van der Waals surface area contributed by atoms with Crippen LogP contribution in [-0.2, 0) is 28.8 Å². The van der Waals surface area contributed by atoms with Crippen molar-refractivity contribution < 1.29 is 33.9 Å². The van der Waals surface area contributed by atoms with Crippen LogP contribution in [0.5, 0.6) is 0 Å². The Morgan fingerprint density at radius 3 is 1.63 bits per heavy atom. The van der Waals surface area contributed by atoms with E-state index >= 15 is 0 Å². The average molecular weight is 482 g/mol. The molecule has 184 valence electrons. The Hall–Kier alpha value is -4.54. The number of amides is 5. The molecule has 2 aromatic rings. The van der Waals surface area contributed by atoms with Crippen molar-refractivity contribution in [3.63, 3.8) is 0 Å². The molecule has 0 aliphatic carbocycles. The zero-order valence-electron chi connectivity index (χ0n) is 18.7. The molecule has 0 bridgehead atoms. The third-order valence-corrected chi connectivity index (χ3v) is 4.93. The summed E-state index contributed by atoms with van der Waals surface area (Å²) in [4.78, 5) is 65.7. The van der Waals surface area contributed by atoms with Gasteiger partial charge in [-0.1, -0.05) is 36.4 Å². The third kappa shape index (κ3) is 9.08. The topological polar surface area (TPSA) is 185 Å². The standard InChI is InChI=1S/C12H12N2O3.C6H7NO4.C6H7N/c15-10-7-6-9(12(17)14-10)11(16)13-8-4-2-1-3-5-8;8-4-2-1-3(6(10)11)5(9)7-4;7-6-4-2-1-3-5-6/h1-5,9H,6-7H2,(H,13,16)(H,14,15,17);3H,1-2H2,(H,10,11)(H,7,8,9);1-5H,7H2. The molecule has 6 N–H and O–H groups in total. The van der Waals surface area contributed by atoms with Gasteiger partial charge < -0.3 is 16.2 Å². The Kier molecular flexibility index (Phi) is 10.1. The van der Waals surface area contributed by atoms with Gasteiger partial charge in [0.05, 0.1) is 0 Å². The van der Waals surface area contributed by atoms with E-state index in [0.717, 1.165) is 5.69 Å². The number of benzene rings is 2. The minimum absolute atomic E-state index is 0.111. The first-order valence-electron chi connectivity index (χ1n) is 10.7. The summed E-state index contributed by atoms with van der Waals surface area (Å²) in [6.07, 6.45) is 0.699. The van der Waals surface area contributed by atoms with Crippen molar-refractivity contribution in [1.29, 1.82) is 0 Å². The Morgan fingerprint density at radius 1 is 0.771 bits per heavy atom. The summed E-state index contributed by atoms with van der Waals surface area (Å²) in [5, 5.41) is 15.2. The molecule has 2 aliphatic rings. The first-order chi connectivity index (χ1) is 16.7. The molecule has 11 nitrogen and oxygen atoms in total. The Labute approximate surface area is 201 Å². The van der Waals surface area contributed by atoms with Gasteiger partial charge in [-0.25, -0.2) is 0 Å². The van der Waals surface area contributed by atoms with Crippen molar-refractivity contribution in [3.05, 3.63) is 60.7 Å². The quantitative estimate of drug-likeness (QED) is 0.244. The molecule has 11 heteroatoms. The van der Waals surface area contributed by atoms with Gasteiger partial charge in [-0.05, 0) is 37.1 Å². The predicted molar refractivity (Wildman–Crippen MR) is 125 cm³/mol. The van der Waals surface area contributed by atoms with E-state index in [4.69, 9.17) is 10.8 Å². The number of nitrogens with one attached hydrogen (secondary N) is 3. The number of carboxylic acid groups (broad SMARTS) is 1. The van der Waals surface area contributed by atoms with Crippen molar-refractivity contribution in [2.45, 2.75) is 25.7 Å². The lowest BCUT2D eigenvalue weighted by atomic mass is 9.97. The number of hydrogen-bond donors (Lipinski definition) is 5. The van der Waals surface area contributed by atoms with E-state index in [1.807, 2.05) is 41.7 Å². The summed E-state index contributed by atoms with van der Waals surface area (Å²) in [6, 6.07) is 18.4. The fourth-order valence-electron chi connectivity index (χ4n) is 3.08. The van der Waals surface area contributed by atoms with Gasteiger partial charge in [-0.2, -0.15) is 0 Å². The second-order valence-electron chi connectivity index (χ2n) is 7.61. The van der Waals surface area contributed by atoms with Crippen LogP contribution in [0.2, 0.25) is 0 Å². The predicted octanol–water partition coefficient (Wildman–Crippen LogP) is 1.07. The molecular weight excluding hydrogens is 456 g/mol. The van der Waals surface area contributed by atoms with E-state index in [2.05, 4.69) is 10.6 Å². The Morgan fingerprint density at radius 2 is 1.23 bits per heavy atom. The van der Waals surface area contributed by atoms with Gasteiger partial charge in [-0.15, -0.1) is 0 Å². The first-order valence-corrected chi connectivity index (χ1v) is 10.7. The molecular formula is C24H26N4O7. The smallest absolute Gasteiger partial charge is 0.316 e. The number of para-hydroxylation sites is 2. The van der Waals surface area contributed by atoms with Crippen LogP contribution >= 0.6 is 0 Å². The summed E-state index contributed by atoms with van der Waals surface area (Å²) in [5.41, 5.74) is 6.82. The summed E-state index contributed by atoms with van der Waals surface area (Å²) in [7, 11) is 0. The number of imide groups is 2. The fourth-order valence-corrected chi connectivity index (χ4v) is 3.08. The van der Waals surface area contributed by atoms with Crippen molar-refractivity contribution in [2.75, 3.05) is 11.1 Å². The largest absolute Gasteiger partial charge is 0.481 e. The summed E-state index contributed by atoms with van der Waals surface area (Å²) in [6.45, 7) is 0. The molecule has 2 fully saturated rings. The van der Waals surface area contributed by atoms with Crippen LogP contribution in [0.25, 0.3) is 0 Å². The van der Waals surface area contributed by atoms with Crippen molar-refractivity contribution in [2.24, 2.45) is 11.8 Å². The van der Waals surface area contributed by atoms with E-state index in [9.17, 15) is 28.8 Å². The third-order valence-electron chi connectivity index (χ3n) is 4.93. The van der Waals surface area contributed by atoms with Crippen molar-refractivity contribution >= 4 is 46.9 Å². The molecule has 2 aromatic carbocycles. The number of piperidine rings is 2. The van der Waals surface area contributed by atoms with Crippen LogP contribution in [0.15, 0.2) is 60.7 Å². The molecule has 0 aromatic heterocycles. The highest BCUT2D eigenvalue weighted by Gasteiger charge is 2.33. The first kappa shape index (κ1) is 26.7. The molecule has 0 radical (unpaired) electrons. The minimum atomic E-state index is -1.17. The number of rotatable bonds is 3. The van der Waals surface area contributed by atoms with Crippen LogP contribution in [-0.4, -0.2) is 40.6 Å². The fraction of sp³-hybridized carbons (Fsp3) is 0.250. The number of carboxylic acids is 1. The molecule has 2 atom stereocenters. The Balaban J connectivity index is 0.000000205. The number of nitrogens with two attached hydrogens (primary N) is 1. The summed E-state index contributed by atoms with van der Waals surface area (Å²) < 4.78 is 0. The van der Waals surface area contributed by atoms with Crippen molar-refractivity contribution in [1.82, 2.24) is 10.6 Å². The lowest BCUT2D eigenvalue weighted by molar-refractivity contribution is -0.150. The molecule has 2 unspecified atom stereocenters. The van der Waals surface area contributed by atoms with Crippen molar-refractivity contribution in [3.8, 4) is 0 Å². The van der Waals surface area contributed by atoms with Crippen LogP contribution in [0.3, 0.4) is 0 Å². The highest BCUT2D eigenvalue weighted by atomic mass is 16.4. The van der Waals surface area contributed by atoms with Crippen LogP contribution in [0, 0.1) is 11.8 Å². The number of carbonyl (C=O) groups excluding carboxylic acids is 5. The van der Waals surface area contributed by atoms with Gasteiger partial charge in [0.1, 0.15) is 11.8 Å². The SMILES string of the molecule is Nc1ccccc1.O=C1CCC(C(=O)Nc2ccccc2)C(=O)N1.O=C1CCC(C(=O)O)C(=O)N1. The van der Waals surface area contributed by atoms with Gasteiger partial charge in [0.25, 0.3) is 0 Å². The van der Waals surface area contributed by atoms with Gasteiger partial charge >= 0.3 is 5.97 Å². The van der Waals surface area contributed by atoms with Gasteiger partial charge in [-0.3, -0.25) is 39.4 Å². The van der Waals surface area contributed by atoms with E-state index in [1.54, 1.807) is 24.3 Å². The molecule has 0 spiro atoms. The lowest BCUT2D eigenvalue weighted by Gasteiger charge is -2.19. The second kappa shape index (κ2) is 13.2. The van der Waals surface area contributed by atoms with Gasteiger partial charge in [0.15, 0.2) is 0 Å². The molecule has 5 amide bonds. The maximum absolute atomic E-state index is 11.8. The van der Waals surface area contributed by atoms with E-state index in [-0.39, 0.29) is 37.5 Å². The van der Waals surface area contributed by atoms with Gasteiger partial charge in [0.2, 0.25) is 29.5 Å². The number of nitrogen functional groups attached to an aromatic ring is 1. The summed E-state index contributed by atoms with van der Waals surface area (Å²) in [5.74, 6) is -5.31. The molecule has 35 heavy (non-hydrogen) atoms. The van der Waals surface area contributed by atoms with E-state index in [1.165, 1.54) is 0 Å².